The van der Waals surface area contributed by atoms with Crippen molar-refractivity contribution in [3.8, 4) is 0 Å². The highest BCUT2D eigenvalue weighted by atomic mass is 16.5. The maximum atomic E-state index is 6.56. The van der Waals surface area contributed by atoms with Gasteiger partial charge in [0.25, 0.3) is 0 Å². The molecule has 3 rings (SSSR count). The molecule has 1 aromatic heterocycles. The van der Waals surface area contributed by atoms with Gasteiger partial charge in [0.05, 0.1) is 17.4 Å². The van der Waals surface area contributed by atoms with Crippen molar-refractivity contribution in [2.45, 2.75) is 50.4 Å². The Morgan fingerprint density at radius 2 is 2.19 bits per heavy atom. The van der Waals surface area contributed by atoms with Gasteiger partial charge in [-0.2, -0.15) is 0 Å². The molecule has 2 unspecified atom stereocenters. The van der Waals surface area contributed by atoms with Crippen molar-refractivity contribution in [3.05, 3.63) is 30.1 Å². The Labute approximate surface area is 127 Å². The van der Waals surface area contributed by atoms with Crippen LogP contribution in [0.5, 0.6) is 0 Å². The van der Waals surface area contributed by atoms with Gasteiger partial charge in [0.2, 0.25) is 0 Å². The van der Waals surface area contributed by atoms with Crippen molar-refractivity contribution in [1.29, 1.82) is 0 Å². The third kappa shape index (κ3) is 3.44. The Balaban J connectivity index is 1.78. The molecule has 21 heavy (non-hydrogen) atoms. The predicted octanol–water partition coefficient (Wildman–Crippen LogP) is 2.80. The van der Waals surface area contributed by atoms with Gasteiger partial charge >= 0.3 is 0 Å². The molecule has 2 aliphatic rings. The van der Waals surface area contributed by atoms with Crippen LogP contribution in [0.4, 0.5) is 0 Å². The standard InChI is InChI=1S/C17H26N2O2/c1-3-20-14-12-16(15-6-4-5-9-18-15)21-17(13-14)7-10-19(2)11-8-17/h4-6,9,14,16H,3,7-8,10-13H2,1-2H3. The van der Waals surface area contributed by atoms with Gasteiger partial charge in [-0.15, -0.1) is 0 Å². The molecule has 0 radical (unpaired) electrons. The van der Waals surface area contributed by atoms with Crippen LogP contribution in [0.25, 0.3) is 0 Å². The number of nitrogens with zero attached hydrogens (tertiary/aromatic N) is 2. The summed E-state index contributed by atoms with van der Waals surface area (Å²) in [6.07, 6.45) is 6.34. The highest BCUT2D eigenvalue weighted by Crippen LogP contribution is 2.43. The first-order valence-corrected chi connectivity index (χ1v) is 8.10. The molecule has 2 aliphatic heterocycles. The molecule has 3 heterocycles. The Hall–Kier alpha value is -0.970. The first kappa shape index (κ1) is 14.9. The van der Waals surface area contributed by atoms with Crippen molar-refractivity contribution < 1.29 is 9.47 Å². The molecule has 0 aromatic carbocycles. The Kier molecular flexibility index (Phi) is 4.57. The van der Waals surface area contributed by atoms with Crippen molar-refractivity contribution >= 4 is 0 Å². The van der Waals surface area contributed by atoms with Crippen LogP contribution in [0, 0.1) is 0 Å². The first-order valence-electron chi connectivity index (χ1n) is 8.10. The fourth-order valence-electron chi connectivity index (χ4n) is 3.59. The number of piperidine rings is 1. The summed E-state index contributed by atoms with van der Waals surface area (Å²) in [6, 6.07) is 6.07. The lowest BCUT2D eigenvalue weighted by Gasteiger charge is -2.48. The third-order valence-electron chi connectivity index (χ3n) is 4.79. The van der Waals surface area contributed by atoms with E-state index in [1.54, 1.807) is 0 Å². The van der Waals surface area contributed by atoms with E-state index in [2.05, 4.69) is 29.9 Å². The zero-order valence-corrected chi connectivity index (χ0v) is 13.1. The first-order chi connectivity index (χ1) is 10.2. The second kappa shape index (κ2) is 6.42. The minimum Gasteiger partial charge on any atom is -0.378 e. The van der Waals surface area contributed by atoms with E-state index in [0.29, 0.717) is 6.10 Å². The Morgan fingerprint density at radius 1 is 1.38 bits per heavy atom. The minimum atomic E-state index is -0.0210. The van der Waals surface area contributed by atoms with Gasteiger partial charge in [0.15, 0.2) is 0 Å². The molecular formula is C17H26N2O2. The van der Waals surface area contributed by atoms with E-state index in [1.807, 2.05) is 18.3 Å². The highest BCUT2D eigenvalue weighted by molar-refractivity contribution is 5.10. The molecule has 0 amide bonds. The fraction of sp³-hybridized carbons (Fsp3) is 0.706. The van der Waals surface area contributed by atoms with Crippen LogP contribution in [0.2, 0.25) is 0 Å². The van der Waals surface area contributed by atoms with Gasteiger partial charge in [-0.1, -0.05) is 6.07 Å². The summed E-state index contributed by atoms with van der Waals surface area (Å²) in [4.78, 5) is 6.88. The van der Waals surface area contributed by atoms with Gasteiger partial charge in [-0.05, 0) is 38.9 Å². The lowest BCUT2D eigenvalue weighted by molar-refractivity contribution is -0.192. The van der Waals surface area contributed by atoms with Crippen LogP contribution in [-0.2, 0) is 9.47 Å². The lowest BCUT2D eigenvalue weighted by atomic mass is 9.81. The molecule has 4 heteroatoms. The molecule has 2 fully saturated rings. The van der Waals surface area contributed by atoms with Crippen LogP contribution in [-0.4, -0.2) is 48.3 Å². The zero-order chi connectivity index (χ0) is 14.7. The molecule has 0 N–H and O–H groups in total. The fourth-order valence-corrected chi connectivity index (χ4v) is 3.59. The summed E-state index contributed by atoms with van der Waals surface area (Å²) in [6.45, 7) is 5.06. The summed E-state index contributed by atoms with van der Waals surface area (Å²) < 4.78 is 12.5. The second-order valence-corrected chi connectivity index (χ2v) is 6.36. The number of hydrogen-bond acceptors (Lipinski definition) is 4. The van der Waals surface area contributed by atoms with Gasteiger partial charge < -0.3 is 14.4 Å². The average molecular weight is 290 g/mol. The summed E-state index contributed by atoms with van der Waals surface area (Å²) in [5, 5.41) is 0. The maximum Gasteiger partial charge on any atom is 0.103 e. The van der Waals surface area contributed by atoms with Crippen molar-refractivity contribution in [3.63, 3.8) is 0 Å². The number of pyridine rings is 1. The van der Waals surface area contributed by atoms with Crippen molar-refractivity contribution in [1.82, 2.24) is 9.88 Å². The molecule has 1 aromatic rings. The Bertz CT molecular complexity index is 443. The minimum absolute atomic E-state index is 0.0210. The van der Waals surface area contributed by atoms with E-state index in [1.165, 1.54) is 0 Å². The average Bonchev–Trinajstić information content (AvgIpc) is 2.52. The normalized spacial score (nSPS) is 29.6. The van der Waals surface area contributed by atoms with Crippen LogP contribution >= 0.6 is 0 Å². The monoisotopic (exact) mass is 290 g/mol. The van der Waals surface area contributed by atoms with Gasteiger partial charge in [0, 0.05) is 38.7 Å². The molecule has 0 aliphatic carbocycles. The number of likely N-dealkylation sites (tertiary alicyclic amines) is 1. The molecule has 2 atom stereocenters. The summed E-state index contributed by atoms with van der Waals surface area (Å²) in [5.74, 6) is 0. The molecule has 0 bridgehead atoms. The number of aromatic nitrogens is 1. The maximum absolute atomic E-state index is 6.56. The lowest BCUT2D eigenvalue weighted by Crippen LogP contribution is -2.50. The zero-order valence-electron chi connectivity index (χ0n) is 13.1. The van der Waals surface area contributed by atoms with Crippen LogP contribution in [0.1, 0.15) is 44.4 Å². The van der Waals surface area contributed by atoms with Crippen LogP contribution in [0.3, 0.4) is 0 Å². The Morgan fingerprint density at radius 3 is 2.86 bits per heavy atom. The number of ether oxygens (including phenoxy) is 2. The van der Waals surface area contributed by atoms with Crippen LogP contribution in [0.15, 0.2) is 24.4 Å². The van der Waals surface area contributed by atoms with Crippen molar-refractivity contribution in [2.75, 3.05) is 26.7 Å². The number of hydrogen-bond donors (Lipinski definition) is 0. The van der Waals surface area contributed by atoms with Gasteiger partial charge in [-0.3, -0.25) is 4.98 Å². The number of rotatable bonds is 3. The SMILES string of the molecule is CCOC1CC(c2ccccn2)OC2(CCN(C)CC2)C1. The third-order valence-corrected chi connectivity index (χ3v) is 4.79. The predicted molar refractivity (Wildman–Crippen MR) is 82.2 cm³/mol. The van der Waals surface area contributed by atoms with Gasteiger partial charge in [0.1, 0.15) is 6.10 Å². The summed E-state index contributed by atoms with van der Waals surface area (Å²) in [7, 11) is 2.19. The second-order valence-electron chi connectivity index (χ2n) is 6.36. The largest absolute Gasteiger partial charge is 0.378 e. The van der Waals surface area contributed by atoms with Crippen molar-refractivity contribution in [2.24, 2.45) is 0 Å². The molecule has 4 nitrogen and oxygen atoms in total. The molecule has 0 saturated carbocycles. The topological polar surface area (TPSA) is 34.6 Å². The van der Waals surface area contributed by atoms with E-state index in [4.69, 9.17) is 9.47 Å². The molecular weight excluding hydrogens is 264 g/mol. The van der Waals surface area contributed by atoms with Crippen LogP contribution < -0.4 is 0 Å². The van der Waals surface area contributed by atoms with E-state index >= 15 is 0 Å². The van der Waals surface area contributed by atoms with E-state index in [0.717, 1.165) is 51.1 Å². The molecule has 2 saturated heterocycles. The van der Waals surface area contributed by atoms with E-state index in [-0.39, 0.29) is 11.7 Å². The van der Waals surface area contributed by atoms with E-state index < -0.39 is 0 Å². The highest BCUT2D eigenvalue weighted by Gasteiger charge is 2.44. The van der Waals surface area contributed by atoms with E-state index in [9.17, 15) is 0 Å². The summed E-state index contributed by atoms with van der Waals surface area (Å²) >= 11 is 0. The molecule has 116 valence electrons. The quantitative estimate of drug-likeness (QED) is 0.857. The summed E-state index contributed by atoms with van der Waals surface area (Å²) in [5.41, 5.74) is 1.02. The molecule has 1 spiro atoms. The smallest absolute Gasteiger partial charge is 0.103 e. The van der Waals surface area contributed by atoms with Gasteiger partial charge in [-0.25, -0.2) is 0 Å².